The van der Waals surface area contributed by atoms with E-state index in [1.807, 2.05) is 0 Å². The van der Waals surface area contributed by atoms with Gasteiger partial charge in [-0.1, -0.05) is 12.1 Å². The summed E-state index contributed by atoms with van der Waals surface area (Å²) in [4.78, 5) is 15.8. The van der Waals surface area contributed by atoms with Gasteiger partial charge in [-0.25, -0.2) is 0 Å². The first-order chi connectivity index (χ1) is 10.8. The van der Waals surface area contributed by atoms with E-state index in [-0.39, 0.29) is 23.3 Å². The van der Waals surface area contributed by atoms with E-state index >= 15 is 0 Å². The minimum absolute atomic E-state index is 0.0631. The number of alkyl halides is 3. The number of benzene rings is 1. The highest BCUT2D eigenvalue weighted by molar-refractivity contribution is 5.93. The molecule has 0 aliphatic rings. The van der Waals surface area contributed by atoms with Crippen LogP contribution in [0.1, 0.15) is 29.9 Å². The van der Waals surface area contributed by atoms with Gasteiger partial charge < -0.3 is 10.6 Å². The fraction of sp³-hybridized carbons (Fsp3) is 0.250. The minimum Gasteiger partial charge on any atom is -0.355 e. The van der Waals surface area contributed by atoms with Gasteiger partial charge in [0.2, 0.25) is 0 Å². The predicted octanol–water partition coefficient (Wildman–Crippen LogP) is 3.98. The largest absolute Gasteiger partial charge is 0.418 e. The monoisotopic (exact) mass is 323 g/mol. The number of para-hydroxylation sites is 1. The van der Waals surface area contributed by atoms with E-state index in [2.05, 4.69) is 15.6 Å². The van der Waals surface area contributed by atoms with Crippen molar-refractivity contribution in [3.05, 3.63) is 53.9 Å². The fourth-order valence-corrected chi connectivity index (χ4v) is 1.96. The number of rotatable bonds is 4. The molecule has 1 amide bonds. The Morgan fingerprint density at radius 2 is 1.87 bits per heavy atom. The van der Waals surface area contributed by atoms with Crippen LogP contribution in [0.2, 0.25) is 0 Å². The third-order valence-corrected chi connectivity index (χ3v) is 2.92. The summed E-state index contributed by atoms with van der Waals surface area (Å²) in [6, 6.07) is 8.00. The normalized spacial score (nSPS) is 11.4. The predicted molar refractivity (Wildman–Crippen MR) is 81.6 cm³/mol. The molecule has 1 heterocycles. The molecule has 0 atom stereocenters. The van der Waals surface area contributed by atoms with Crippen molar-refractivity contribution in [3.8, 4) is 0 Å². The van der Waals surface area contributed by atoms with Crippen molar-refractivity contribution in [3.63, 3.8) is 0 Å². The molecular weight excluding hydrogens is 307 g/mol. The van der Waals surface area contributed by atoms with E-state index in [0.717, 1.165) is 6.07 Å². The van der Waals surface area contributed by atoms with Crippen molar-refractivity contribution in [2.24, 2.45) is 0 Å². The van der Waals surface area contributed by atoms with Crippen LogP contribution >= 0.6 is 0 Å². The van der Waals surface area contributed by atoms with Crippen LogP contribution < -0.4 is 10.6 Å². The second-order valence-corrected chi connectivity index (χ2v) is 5.23. The number of aromatic nitrogens is 1. The van der Waals surface area contributed by atoms with Crippen LogP contribution in [0.15, 0.2) is 42.6 Å². The number of hydrogen-bond acceptors (Lipinski definition) is 3. The summed E-state index contributed by atoms with van der Waals surface area (Å²) >= 11 is 0. The highest BCUT2D eigenvalue weighted by Crippen LogP contribution is 2.35. The van der Waals surface area contributed by atoms with Crippen LogP contribution in [0.4, 0.5) is 24.5 Å². The van der Waals surface area contributed by atoms with Gasteiger partial charge >= 0.3 is 6.18 Å². The number of carbonyl (C=O) groups excluding carboxylic acids is 1. The van der Waals surface area contributed by atoms with Crippen LogP contribution in [0.25, 0.3) is 0 Å². The maximum Gasteiger partial charge on any atom is 0.418 e. The minimum atomic E-state index is -4.46. The van der Waals surface area contributed by atoms with E-state index in [1.54, 1.807) is 13.8 Å². The fourth-order valence-electron chi connectivity index (χ4n) is 1.96. The first kappa shape index (κ1) is 16.8. The smallest absolute Gasteiger partial charge is 0.355 e. The number of pyridine rings is 1. The van der Waals surface area contributed by atoms with Crippen LogP contribution in [0.3, 0.4) is 0 Å². The lowest BCUT2D eigenvalue weighted by atomic mass is 10.1. The number of anilines is 2. The van der Waals surface area contributed by atoms with Gasteiger partial charge in [-0.3, -0.25) is 9.78 Å². The van der Waals surface area contributed by atoms with Gasteiger partial charge in [-0.2, -0.15) is 13.2 Å². The average molecular weight is 323 g/mol. The molecule has 0 aliphatic heterocycles. The summed E-state index contributed by atoms with van der Waals surface area (Å²) < 4.78 is 39.0. The lowest BCUT2D eigenvalue weighted by Crippen LogP contribution is -2.30. The molecule has 0 unspecified atom stereocenters. The Morgan fingerprint density at radius 3 is 2.52 bits per heavy atom. The van der Waals surface area contributed by atoms with Gasteiger partial charge in [0.25, 0.3) is 5.91 Å². The molecule has 23 heavy (non-hydrogen) atoms. The zero-order valence-corrected chi connectivity index (χ0v) is 12.6. The van der Waals surface area contributed by atoms with Gasteiger partial charge in [0.05, 0.1) is 11.3 Å². The van der Waals surface area contributed by atoms with Crippen molar-refractivity contribution < 1.29 is 18.0 Å². The first-order valence-corrected chi connectivity index (χ1v) is 6.97. The maximum absolute atomic E-state index is 13.0. The molecular formula is C16H16F3N3O. The number of hydrogen-bond donors (Lipinski definition) is 2. The highest BCUT2D eigenvalue weighted by atomic mass is 19.4. The van der Waals surface area contributed by atoms with E-state index in [9.17, 15) is 18.0 Å². The zero-order valence-electron chi connectivity index (χ0n) is 12.6. The molecule has 0 saturated carbocycles. The second kappa shape index (κ2) is 6.68. The highest BCUT2D eigenvalue weighted by Gasteiger charge is 2.33. The molecule has 0 saturated heterocycles. The van der Waals surface area contributed by atoms with E-state index < -0.39 is 11.7 Å². The quantitative estimate of drug-likeness (QED) is 0.895. The summed E-state index contributed by atoms with van der Waals surface area (Å²) in [6.07, 6.45) is -3.09. The Labute approximate surface area is 131 Å². The summed E-state index contributed by atoms with van der Waals surface area (Å²) in [6.45, 7) is 3.61. The summed E-state index contributed by atoms with van der Waals surface area (Å²) in [5.41, 5.74) is -0.370. The Bertz CT molecular complexity index is 699. The molecule has 0 bridgehead atoms. The Hall–Kier alpha value is -2.57. The molecule has 0 radical (unpaired) electrons. The van der Waals surface area contributed by atoms with Crippen molar-refractivity contribution in [2.45, 2.75) is 26.1 Å². The van der Waals surface area contributed by atoms with Crippen molar-refractivity contribution >= 4 is 17.3 Å². The van der Waals surface area contributed by atoms with Gasteiger partial charge in [-0.15, -0.1) is 0 Å². The van der Waals surface area contributed by atoms with Gasteiger partial charge in [-0.05, 0) is 38.1 Å². The average Bonchev–Trinajstić information content (AvgIpc) is 2.46. The molecule has 0 fully saturated rings. The van der Waals surface area contributed by atoms with Gasteiger partial charge in [0.15, 0.2) is 0 Å². The number of nitrogens with one attached hydrogen (secondary N) is 2. The topological polar surface area (TPSA) is 54.0 Å². The van der Waals surface area contributed by atoms with Gasteiger partial charge in [0, 0.05) is 17.9 Å². The summed E-state index contributed by atoms with van der Waals surface area (Å²) in [5.74, 6) is -0.382. The molecule has 1 aromatic heterocycles. The molecule has 2 aromatic rings. The second-order valence-electron chi connectivity index (χ2n) is 5.23. The molecule has 0 spiro atoms. The molecule has 2 N–H and O–H groups in total. The van der Waals surface area contributed by atoms with E-state index in [0.29, 0.717) is 5.69 Å². The molecule has 7 heteroatoms. The zero-order chi connectivity index (χ0) is 17.0. The van der Waals surface area contributed by atoms with Crippen LogP contribution in [0.5, 0.6) is 0 Å². The number of carbonyl (C=O) groups is 1. The van der Waals surface area contributed by atoms with Crippen LogP contribution in [-0.4, -0.2) is 16.9 Å². The summed E-state index contributed by atoms with van der Waals surface area (Å²) in [7, 11) is 0. The van der Waals surface area contributed by atoms with Gasteiger partial charge in [0.1, 0.15) is 5.69 Å². The van der Waals surface area contributed by atoms with Crippen molar-refractivity contribution in [2.75, 3.05) is 5.32 Å². The Morgan fingerprint density at radius 1 is 1.17 bits per heavy atom. The number of nitrogens with zero attached hydrogens (tertiary/aromatic N) is 1. The summed E-state index contributed by atoms with van der Waals surface area (Å²) in [5, 5.41) is 5.36. The first-order valence-electron chi connectivity index (χ1n) is 6.97. The molecule has 0 aliphatic carbocycles. The maximum atomic E-state index is 13.0. The SMILES string of the molecule is CC(C)NC(=O)c1cc(Nc2ccccc2C(F)(F)F)ccn1. The lowest BCUT2D eigenvalue weighted by molar-refractivity contribution is -0.136. The van der Waals surface area contributed by atoms with E-state index in [1.165, 1.54) is 36.5 Å². The third-order valence-electron chi connectivity index (χ3n) is 2.92. The number of halogens is 3. The number of amides is 1. The van der Waals surface area contributed by atoms with Crippen LogP contribution in [0, 0.1) is 0 Å². The molecule has 4 nitrogen and oxygen atoms in total. The molecule has 122 valence electrons. The van der Waals surface area contributed by atoms with Crippen molar-refractivity contribution in [1.82, 2.24) is 10.3 Å². The Kier molecular flexibility index (Phi) is 4.88. The van der Waals surface area contributed by atoms with E-state index in [4.69, 9.17) is 0 Å². The standard InChI is InChI=1S/C16H16F3N3O/c1-10(2)21-15(23)14-9-11(7-8-20-14)22-13-6-4-3-5-12(13)16(17,18)19/h3-10H,1-2H3,(H,20,22)(H,21,23). The van der Waals surface area contributed by atoms with Crippen LogP contribution in [-0.2, 0) is 6.18 Å². The van der Waals surface area contributed by atoms with Crippen molar-refractivity contribution in [1.29, 1.82) is 0 Å². The Balaban J connectivity index is 2.27. The lowest BCUT2D eigenvalue weighted by Gasteiger charge is -2.15. The molecule has 2 rings (SSSR count). The molecule has 1 aromatic carbocycles. The third kappa shape index (κ3) is 4.45.